The molecular formula is C11H7BrN4. The van der Waals surface area contributed by atoms with Crippen molar-refractivity contribution in [2.45, 2.75) is 0 Å². The molecule has 0 spiro atoms. The van der Waals surface area contributed by atoms with Crippen LogP contribution in [-0.4, -0.2) is 20.2 Å². The van der Waals surface area contributed by atoms with E-state index in [1.807, 2.05) is 24.3 Å². The Kier molecular flexibility index (Phi) is 2.18. The molecule has 1 aromatic carbocycles. The van der Waals surface area contributed by atoms with Crippen molar-refractivity contribution in [1.29, 1.82) is 0 Å². The molecule has 0 atom stereocenters. The summed E-state index contributed by atoms with van der Waals surface area (Å²) in [6.45, 7) is 0. The molecule has 0 radical (unpaired) electrons. The number of nitrogens with zero attached hydrogens (tertiary/aromatic N) is 3. The Morgan fingerprint density at radius 1 is 1.12 bits per heavy atom. The topological polar surface area (TPSA) is 54.5 Å². The number of H-pyrrole nitrogens is 1. The Labute approximate surface area is 99.9 Å². The summed E-state index contributed by atoms with van der Waals surface area (Å²) < 4.78 is 1.03. The summed E-state index contributed by atoms with van der Waals surface area (Å²) in [5.74, 6) is 0.733. The number of fused-ring (bicyclic) bond motifs is 1. The summed E-state index contributed by atoms with van der Waals surface area (Å²) in [6.07, 6.45) is 3.26. The van der Waals surface area contributed by atoms with Gasteiger partial charge in [-0.2, -0.15) is 5.10 Å². The van der Waals surface area contributed by atoms with Gasteiger partial charge in [0.15, 0.2) is 5.82 Å². The standard InChI is InChI=1S/C11H7BrN4/c12-9-4-3-8(11-14-6-15-16-11)10-7(9)2-1-5-13-10/h1-6H,(H,14,15,16). The fourth-order valence-electron chi connectivity index (χ4n) is 1.66. The lowest BCUT2D eigenvalue weighted by molar-refractivity contribution is 1.10. The van der Waals surface area contributed by atoms with Crippen molar-refractivity contribution in [3.05, 3.63) is 41.3 Å². The van der Waals surface area contributed by atoms with Gasteiger partial charge in [0.2, 0.25) is 0 Å². The molecule has 0 fully saturated rings. The van der Waals surface area contributed by atoms with Crippen LogP contribution in [0.5, 0.6) is 0 Å². The van der Waals surface area contributed by atoms with E-state index in [0.717, 1.165) is 26.8 Å². The second-order valence-electron chi connectivity index (χ2n) is 3.33. The monoisotopic (exact) mass is 274 g/mol. The molecule has 0 saturated heterocycles. The molecule has 78 valence electrons. The number of hydrogen-bond acceptors (Lipinski definition) is 3. The molecule has 0 aliphatic carbocycles. The van der Waals surface area contributed by atoms with E-state index < -0.39 is 0 Å². The fraction of sp³-hybridized carbons (Fsp3) is 0. The van der Waals surface area contributed by atoms with Crippen LogP contribution in [0.2, 0.25) is 0 Å². The van der Waals surface area contributed by atoms with E-state index >= 15 is 0 Å². The second kappa shape index (κ2) is 3.68. The summed E-state index contributed by atoms with van der Waals surface area (Å²) in [4.78, 5) is 8.52. The average Bonchev–Trinajstić information content (AvgIpc) is 2.83. The van der Waals surface area contributed by atoms with Crippen LogP contribution >= 0.6 is 15.9 Å². The van der Waals surface area contributed by atoms with Crippen molar-refractivity contribution in [1.82, 2.24) is 20.2 Å². The number of halogens is 1. The van der Waals surface area contributed by atoms with Crippen molar-refractivity contribution in [3.8, 4) is 11.4 Å². The normalized spacial score (nSPS) is 10.8. The highest BCUT2D eigenvalue weighted by Crippen LogP contribution is 2.29. The number of nitrogens with one attached hydrogen (secondary N) is 1. The third-order valence-electron chi connectivity index (χ3n) is 2.39. The maximum Gasteiger partial charge on any atom is 0.157 e. The second-order valence-corrected chi connectivity index (χ2v) is 4.18. The van der Waals surface area contributed by atoms with E-state index in [4.69, 9.17) is 0 Å². The number of aromatic nitrogens is 4. The zero-order valence-corrected chi connectivity index (χ0v) is 9.77. The molecule has 0 unspecified atom stereocenters. The molecule has 0 bridgehead atoms. The molecule has 1 N–H and O–H groups in total. The first-order valence-corrected chi connectivity index (χ1v) is 5.54. The number of rotatable bonds is 1. The SMILES string of the molecule is Brc1ccc(-c2ncn[nH]2)c2ncccc12. The molecule has 3 aromatic rings. The largest absolute Gasteiger partial charge is 0.259 e. The van der Waals surface area contributed by atoms with Gasteiger partial charge in [0.25, 0.3) is 0 Å². The molecule has 4 nitrogen and oxygen atoms in total. The van der Waals surface area contributed by atoms with Gasteiger partial charge in [0, 0.05) is 21.6 Å². The fourth-order valence-corrected chi connectivity index (χ4v) is 2.12. The van der Waals surface area contributed by atoms with Gasteiger partial charge in [0.1, 0.15) is 6.33 Å². The molecule has 0 aliphatic rings. The minimum atomic E-state index is 0.733. The molecule has 0 saturated carbocycles. The summed E-state index contributed by atoms with van der Waals surface area (Å²) in [5.41, 5.74) is 1.87. The molecule has 0 aliphatic heterocycles. The van der Waals surface area contributed by atoms with Crippen LogP contribution in [0.25, 0.3) is 22.3 Å². The summed E-state index contributed by atoms with van der Waals surface area (Å²) in [5, 5.41) is 7.77. The zero-order valence-electron chi connectivity index (χ0n) is 8.18. The van der Waals surface area contributed by atoms with Crippen molar-refractivity contribution >= 4 is 26.8 Å². The third-order valence-corrected chi connectivity index (χ3v) is 3.08. The number of aromatic amines is 1. The Morgan fingerprint density at radius 2 is 2.06 bits per heavy atom. The van der Waals surface area contributed by atoms with E-state index in [0.29, 0.717) is 0 Å². The summed E-state index contributed by atoms with van der Waals surface area (Å²) >= 11 is 3.51. The first-order valence-electron chi connectivity index (χ1n) is 4.75. The molecular weight excluding hydrogens is 268 g/mol. The molecule has 5 heteroatoms. The smallest absolute Gasteiger partial charge is 0.157 e. The van der Waals surface area contributed by atoms with E-state index in [9.17, 15) is 0 Å². The van der Waals surface area contributed by atoms with E-state index in [1.54, 1.807) is 6.20 Å². The highest BCUT2D eigenvalue weighted by molar-refractivity contribution is 9.10. The molecule has 2 aromatic heterocycles. The van der Waals surface area contributed by atoms with Crippen LogP contribution in [0.1, 0.15) is 0 Å². The minimum Gasteiger partial charge on any atom is -0.259 e. The predicted octanol–water partition coefficient (Wildman–Crippen LogP) is 2.78. The maximum atomic E-state index is 4.38. The summed E-state index contributed by atoms with van der Waals surface area (Å²) in [7, 11) is 0. The van der Waals surface area contributed by atoms with Gasteiger partial charge in [-0.3, -0.25) is 10.1 Å². The molecule has 3 rings (SSSR count). The summed E-state index contributed by atoms with van der Waals surface area (Å²) in [6, 6.07) is 7.89. The number of pyridine rings is 1. The van der Waals surface area contributed by atoms with Crippen molar-refractivity contribution < 1.29 is 0 Å². The lowest BCUT2D eigenvalue weighted by atomic mass is 10.1. The van der Waals surface area contributed by atoms with Crippen LogP contribution < -0.4 is 0 Å². The Bertz CT molecular complexity index is 634. The van der Waals surface area contributed by atoms with Crippen LogP contribution in [-0.2, 0) is 0 Å². The van der Waals surface area contributed by atoms with Crippen molar-refractivity contribution in [3.63, 3.8) is 0 Å². The molecule has 16 heavy (non-hydrogen) atoms. The predicted molar refractivity (Wildman–Crippen MR) is 64.8 cm³/mol. The first-order chi connectivity index (χ1) is 7.86. The Balaban J connectivity index is 2.39. The van der Waals surface area contributed by atoms with Crippen LogP contribution in [0.15, 0.2) is 41.3 Å². The quantitative estimate of drug-likeness (QED) is 0.743. The highest BCUT2D eigenvalue weighted by Gasteiger charge is 2.08. The maximum absolute atomic E-state index is 4.38. The minimum absolute atomic E-state index is 0.733. The van der Waals surface area contributed by atoms with Gasteiger partial charge in [0.05, 0.1) is 5.52 Å². The van der Waals surface area contributed by atoms with Gasteiger partial charge < -0.3 is 0 Å². The van der Waals surface area contributed by atoms with Gasteiger partial charge >= 0.3 is 0 Å². The lowest BCUT2D eigenvalue weighted by Gasteiger charge is -2.04. The van der Waals surface area contributed by atoms with Gasteiger partial charge in [-0.25, -0.2) is 4.98 Å². The number of benzene rings is 1. The zero-order chi connectivity index (χ0) is 11.0. The lowest BCUT2D eigenvalue weighted by Crippen LogP contribution is -1.87. The molecule has 2 heterocycles. The Morgan fingerprint density at radius 3 is 2.88 bits per heavy atom. The molecule has 0 amide bonds. The van der Waals surface area contributed by atoms with Crippen molar-refractivity contribution in [2.24, 2.45) is 0 Å². The number of hydrogen-bond donors (Lipinski definition) is 1. The van der Waals surface area contributed by atoms with Crippen LogP contribution in [0, 0.1) is 0 Å². The van der Waals surface area contributed by atoms with Gasteiger partial charge in [-0.1, -0.05) is 22.0 Å². The van der Waals surface area contributed by atoms with Gasteiger partial charge in [-0.05, 0) is 18.2 Å². The van der Waals surface area contributed by atoms with Crippen LogP contribution in [0.3, 0.4) is 0 Å². The van der Waals surface area contributed by atoms with Crippen molar-refractivity contribution in [2.75, 3.05) is 0 Å². The average molecular weight is 275 g/mol. The highest BCUT2D eigenvalue weighted by atomic mass is 79.9. The van der Waals surface area contributed by atoms with E-state index in [-0.39, 0.29) is 0 Å². The Hall–Kier alpha value is -1.75. The van der Waals surface area contributed by atoms with E-state index in [1.165, 1.54) is 6.33 Å². The first kappa shape index (κ1) is 9.47. The van der Waals surface area contributed by atoms with E-state index in [2.05, 4.69) is 36.1 Å². The van der Waals surface area contributed by atoms with Gasteiger partial charge in [-0.15, -0.1) is 0 Å². The van der Waals surface area contributed by atoms with Crippen LogP contribution in [0.4, 0.5) is 0 Å². The third kappa shape index (κ3) is 1.40.